The highest BCUT2D eigenvalue weighted by Gasteiger charge is 2.46. The number of amides is 1. The molecule has 1 aromatic carbocycles. The van der Waals surface area contributed by atoms with E-state index in [0.717, 1.165) is 5.56 Å². The lowest BCUT2D eigenvalue weighted by atomic mass is 9.96. The molecule has 0 spiro atoms. The van der Waals surface area contributed by atoms with Crippen molar-refractivity contribution in [3.63, 3.8) is 0 Å². The van der Waals surface area contributed by atoms with Gasteiger partial charge in [0.05, 0.1) is 6.61 Å². The molecule has 1 heterocycles. The van der Waals surface area contributed by atoms with Gasteiger partial charge in [0, 0.05) is 0 Å². The van der Waals surface area contributed by atoms with E-state index >= 15 is 0 Å². The van der Waals surface area contributed by atoms with Crippen LogP contribution in [0.15, 0.2) is 30.3 Å². The van der Waals surface area contributed by atoms with Crippen LogP contribution in [0.5, 0.6) is 0 Å². The van der Waals surface area contributed by atoms with E-state index in [0.29, 0.717) is 0 Å². The third kappa shape index (κ3) is 4.28. The first-order valence-corrected chi connectivity index (χ1v) is 7.25. The maximum absolute atomic E-state index is 11.9. The van der Waals surface area contributed by atoms with E-state index in [4.69, 9.17) is 14.6 Å². The summed E-state index contributed by atoms with van der Waals surface area (Å²) in [5.74, 6) is -0.986. The standard InChI is InChI=1S/C15H19NO8/c17-6-9(18)13-11(20)10(19)12(21)14(24-13)16-15(22)23-7-8-4-2-1-3-5-8/h1-5,9-11,13-14,17-20H,6-7H2,(H,16,22)/t9-,10-,11-,13-,14-/m1/s1. The molecule has 0 aromatic heterocycles. The molecule has 5 atom stereocenters. The number of hydrogen-bond donors (Lipinski definition) is 5. The van der Waals surface area contributed by atoms with Crippen LogP contribution < -0.4 is 5.32 Å². The molecule has 1 aromatic rings. The minimum atomic E-state index is -1.87. The highest BCUT2D eigenvalue weighted by atomic mass is 16.6. The van der Waals surface area contributed by atoms with Crippen LogP contribution in [0, 0.1) is 0 Å². The van der Waals surface area contributed by atoms with Gasteiger partial charge in [0.15, 0.2) is 6.23 Å². The Morgan fingerprint density at radius 2 is 1.96 bits per heavy atom. The molecule has 0 saturated carbocycles. The zero-order valence-corrected chi connectivity index (χ0v) is 12.6. The minimum Gasteiger partial charge on any atom is -0.445 e. The van der Waals surface area contributed by atoms with Gasteiger partial charge in [-0.3, -0.25) is 10.1 Å². The monoisotopic (exact) mass is 341 g/mol. The Bertz CT molecular complexity index is 566. The smallest absolute Gasteiger partial charge is 0.409 e. The Hall–Kier alpha value is -2.04. The molecule has 9 nitrogen and oxygen atoms in total. The lowest BCUT2D eigenvalue weighted by Crippen LogP contribution is -2.63. The summed E-state index contributed by atoms with van der Waals surface area (Å²) < 4.78 is 10.0. The van der Waals surface area contributed by atoms with Crippen LogP contribution in [-0.4, -0.2) is 69.6 Å². The summed E-state index contributed by atoms with van der Waals surface area (Å²) in [5, 5.41) is 40.0. The Morgan fingerprint density at radius 1 is 1.29 bits per heavy atom. The normalized spacial score (nSPS) is 28.2. The third-order valence-electron chi connectivity index (χ3n) is 3.53. The predicted molar refractivity (Wildman–Crippen MR) is 78.5 cm³/mol. The second-order valence-corrected chi connectivity index (χ2v) is 5.27. The molecule has 2 rings (SSSR count). The van der Waals surface area contributed by atoms with E-state index < -0.39 is 49.1 Å². The minimum absolute atomic E-state index is 0.0402. The number of alkyl carbamates (subject to hydrolysis) is 1. The summed E-state index contributed by atoms with van der Waals surface area (Å²) in [7, 11) is 0. The molecule has 1 aliphatic rings. The summed E-state index contributed by atoms with van der Waals surface area (Å²) in [4.78, 5) is 23.6. The van der Waals surface area contributed by atoms with Crippen molar-refractivity contribution in [1.82, 2.24) is 5.32 Å². The molecular formula is C15H19NO8. The Morgan fingerprint density at radius 3 is 2.58 bits per heavy atom. The van der Waals surface area contributed by atoms with E-state index in [1.807, 2.05) is 0 Å². The highest BCUT2D eigenvalue weighted by Crippen LogP contribution is 2.19. The maximum atomic E-state index is 11.9. The van der Waals surface area contributed by atoms with Crippen LogP contribution >= 0.6 is 0 Å². The Balaban J connectivity index is 1.94. The lowest BCUT2D eigenvalue weighted by Gasteiger charge is -2.37. The highest BCUT2D eigenvalue weighted by molar-refractivity contribution is 5.90. The van der Waals surface area contributed by atoms with E-state index in [-0.39, 0.29) is 6.61 Å². The third-order valence-corrected chi connectivity index (χ3v) is 3.53. The molecule has 0 bridgehead atoms. The van der Waals surface area contributed by atoms with Crippen molar-refractivity contribution in [2.45, 2.75) is 37.3 Å². The first kappa shape index (κ1) is 18.3. The summed E-state index contributed by atoms with van der Waals surface area (Å²) >= 11 is 0. The molecule has 0 unspecified atom stereocenters. The molecule has 9 heteroatoms. The molecule has 1 aliphatic heterocycles. The average Bonchev–Trinajstić information content (AvgIpc) is 2.60. The van der Waals surface area contributed by atoms with E-state index in [2.05, 4.69) is 5.32 Å². The zero-order valence-electron chi connectivity index (χ0n) is 12.6. The van der Waals surface area contributed by atoms with Gasteiger partial charge >= 0.3 is 6.09 Å². The van der Waals surface area contributed by atoms with Crippen LogP contribution in [0.1, 0.15) is 5.56 Å². The van der Waals surface area contributed by atoms with Crippen LogP contribution in [0.3, 0.4) is 0 Å². The molecule has 5 N–H and O–H groups in total. The quantitative estimate of drug-likeness (QED) is 0.425. The molecule has 0 radical (unpaired) electrons. The first-order chi connectivity index (χ1) is 11.4. The summed E-state index contributed by atoms with van der Waals surface area (Å²) in [6, 6.07) is 8.82. The SMILES string of the molecule is O=C(N[C@@H]1O[C@H]([C@H](O)CO)[C@H](O)[C@@H](O)C1=O)OCc1ccccc1. The van der Waals surface area contributed by atoms with Crippen molar-refractivity contribution in [2.75, 3.05) is 6.61 Å². The number of nitrogens with one attached hydrogen (secondary N) is 1. The second-order valence-electron chi connectivity index (χ2n) is 5.27. The van der Waals surface area contributed by atoms with Crippen molar-refractivity contribution in [3.8, 4) is 0 Å². The largest absolute Gasteiger partial charge is 0.445 e. The maximum Gasteiger partial charge on any atom is 0.409 e. The van der Waals surface area contributed by atoms with Gasteiger partial charge in [0.1, 0.15) is 31.0 Å². The molecule has 1 saturated heterocycles. The first-order valence-electron chi connectivity index (χ1n) is 7.25. The van der Waals surface area contributed by atoms with Gasteiger partial charge in [-0.25, -0.2) is 4.79 Å². The van der Waals surface area contributed by atoms with Gasteiger partial charge in [-0.1, -0.05) is 30.3 Å². The van der Waals surface area contributed by atoms with Crippen molar-refractivity contribution in [2.24, 2.45) is 0 Å². The molecule has 24 heavy (non-hydrogen) atoms. The molecule has 132 valence electrons. The molecule has 1 amide bonds. The lowest BCUT2D eigenvalue weighted by molar-refractivity contribution is -0.205. The topological polar surface area (TPSA) is 146 Å². The van der Waals surface area contributed by atoms with Crippen molar-refractivity contribution in [3.05, 3.63) is 35.9 Å². The second kappa shape index (κ2) is 8.18. The number of carbonyl (C=O) groups is 2. The fourth-order valence-corrected chi connectivity index (χ4v) is 2.21. The zero-order chi connectivity index (χ0) is 17.7. The van der Waals surface area contributed by atoms with Crippen LogP contribution in [0.4, 0.5) is 4.79 Å². The number of ether oxygens (including phenoxy) is 2. The fourth-order valence-electron chi connectivity index (χ4n) is 2.21. The number of carbonyl (C=O) groups excluding carboxylic acids is 2. The average molecular weight is 341 g/mol. The van der Waals surface area contributed by atoms with Crippen LogP contribution in [0.25, 0.3) is 0 Å². The number of aliphatic hydroxyl groups is 4. The van der Waals surface area contributed by atoms with Crippen molar-refractivity contribution >= 4 is 11.9 Å². The number of Topliss-reactive ketones (excluding diaryl/α,β-unsaturated/α-hetero) is 1. The van der Waals surface area contributed by atoms with Gasteiger partial charge in [0.25, 0.3) is 0 Å². The number of aliphatic hydroxyl groups excluding tert-OH is 4. The van der Waals surface area contributed by atoms with Crippen molar-refractivity contribution < 1.29 is 39.5 Å². The Kier molecular flexibility index (Phi) is 6.23. The van der Waals surface area contributed by atoms with E-state index in [1.54, 1.807) is 30.3 Å². The van der Waals surface area contributed by atoms with Gasteiger partial charge in [-0.2, -0.15) is 0 Å². The van der Waals surface area contributed by atoms with Crippen LogP contribution in [-0.2, 0) is 20.9 Å². The van der Waals surface area contributed by atoms with Crippen molar-refractivity contribution in [1.29, 1.82) is 0 Å². The van der Waals surface area contributed by atoms with Gasteiger partial charge in [-0.05, 0) is 5.56 Å². The van der Waals surface area contributed by atoms with E-state index in [9.17, 15) is 24.9 Å². The van der Waals surface area contributed by atoms with Gasteiger partial charge in [0.2, 0.25) is 5.78 Å². The molecule has 1 fully saturated rings. The van der Waals surface area contributed by atoms with E-state index in [1.165, 1.54) is 0 Å². The summed E-state index contributed by atoms with van der Waals surface area (Å²) in [6.45, 7) is -0.796. The summed E-state index contributed by atoms with van der Waals surface area (Å²) in [5.41, 5.74) is 0.729. The summed E-state index contributed by atoms with van der Waals surface area (Å²) in [6.07, 6.45) is -9.16. The molecular weight excluding hydrogens is 322 g/mol. The predicted octanol–water partition coefficient (Wildman–Crippen LogP) is -1.72. The fraction of sp³-hybridized carbons (Fsp3) is 0.467. The number of rotatable bonds is 5. The van der Waals surface area contributed by atoms with Gasteiger partial charge in [-0.15, -0.1) is 0 Å². The number of ketones is 1. The number of benzene rings is 1. The Labute approximate surface area is 137 Å². The molecule has 0 aliphatic carbocycles. The number of hydrogen-bond acceptors (Lipinski definition) is 8. The van der Waals surface area contributed by atoms with Crippen LogP contribution in [0.2, 0.25) is 0 Å². The van der Waals surface area contributed by atoms with Gasteiger partial charge < -0.3 is 29.9 Å².